The summed E-state index contributed by atoms with van der Waals surface area (Å²) < 4.78 is 63.5. The molecule has 19 heavy (non-hydrogen) atoms. The van der Waals surface area contributed by atoms with Crippen LogP contribution in [0.15, 0.2) is 47.4 Å². The van der Waals surface area contributed by atoms with Gasteiger partial charge in [0, 0.05) is 11.6 Å². The molecule has 0 fully saturated rings. The highest BCUT2D eigenvalue weighted by Gasteiger charge is 2.21. The second-order valence-electron chi connectivity index (χ2n) is 3.93. The molecule has 2 rings (SSSR count). The minimum atomic E-state index is -4.02. The largest absolute Gasteiger partial charge is 0.223 e. The van der Waals surface area contributed by atoms with E-state index in [1.54, 1.807) is 0 Å². The monoisotopic (exact) mass is 286 g/mol. The lowest BCUT2D eigenvalue weighted by Gasteiger charge is -2.06. The summed E-state index contributed by atoms with van der Waals surface area (Å²) >= 11 is 0. The predicted octanol–water partition coefficient (Wildman–Crippen LogP) is 3.08. The minimum Gasteiger partial charge on any atom is -0.223 e. The first-order valence-corrected chi connectivity index (χ1v) is 6.96. The Morgan fingerprint density at radius 1 is 0.895 bits per heavy atom. The van der Waals surface area contributed by atoms with Gasteiger partial charge in [0.25, 0.3) is 0 Å². The van der Waals surface area contributed by atoms with Crippen molar-refractivity contribution in [3.05, 3.63) is 65.5 Å². The summed E-state index contributed by atoms with van der Waals surface area (Å²) in [5.41, 5.74) is -0.204. The molecule has 0 atom stereocenters. The van der Waals surface area contributed by atoms with Crippen molar-refractivity contribution in [3.63, 3.8) is 0 Å². The van der Waals surface area contributed by atoms with Gasteiger partial charge in [0.2, 0.25) is 0 Å². The zero-order chi connectivity index (χ0) is 14.0. The zero-order valence-corrected chi connectivity index (χ0v) is 10.4. The van der Waals surface area contributed by atoms with E-state index in [1.807, 2.05) is 0 Å². The van der Waals surface area contributed by atoms with Gasteiger partial charge in [0.15, 0.2) is 9.84 Å². The summed E-state index contributed by atoms with van der Waals surface area (Å²) in [6, 6.07) is 7.41. The van der Waals surface area contributed by atoms with Gasteiger partial charge in [0.05, 0.1) is 5.75 Å². The summed E-state index contributed by atoms with van der Waals surface area (Å²) in [5.74, 6) is -3.39. The average molecular weight is 286 g/mol. The van der Waals surface area contributed by atoms with Crippen molar-refractivity contribution >= 4 is 9.84 Å². The Hall–Kier alpha value is -1.82. The van der Waals surface area contributed by atoms with Gasteiger partial charge in [-0.1, -0.05) is 18.2 Å². The van der Waals surface area contributed by atoms with Crippen LogP contribution in [0.4, 0.5) is 13.2 Å². The topological polar surface area (TPSA) is 34.1 Å². The zero-order valence-electron chi connectivity index (χ0n) is 9.61. The standard InChI is InChI=1S/C13H9F3O2S/c14-10-6-5-9(12(16)7-10)8-19(17,18)13-4-2-1-3-11(13)15/h1-7H,8H2. The highest BCUT2D eigenvalue weighted by atomic mass is 32.2. The molecule has 0 aromatic heterocycles. The van der Waals surface area contributed by atoms with E-state index in [9.17, 15) is 21.6 Å². The van der Waals surface area contributed by atoms with Crippen LogP contribution in [0.25, 0.3) is 0 Å². The quantitative estimate of drug-likeness (QED) is 0.869. The molecule has 0 aliphatic carbocycles. The minimum absolute atomic E-state index is 0.204. The molecule has 0 saturated heterocycles. The molecule has 0 spiro atoms. The van der Waals surface area contributed by atoms with Crippen molar-refractivity contribution in [2.75, 3.05) is 0 Å². The molecule has 0 amide bonds. The van der Waals surface area contributed by atoms with Crippen LogP contribution in [-0.4, -0.2) is 8.42 Å². The van der Waals surface area contributed by atoms with E-state index in [0.29, 0.717) is 6.07 Å². The number of rotatable bonds is 3. The van der Waals surface area contributed by atoms with E-state index in [4.69, 9.17) is 0 Å². The Balaban J connectivity index is 2.40. The Bertz CT molecular complexity index is 712. The third kappa shape index (κ3) is 2.96. The van der Waals surface area contributed by atoms with E-state index in [1.165, 1.54) is 12.1 Å². The molecule has 0 saturated carbocycles. The highest BCUT2D eigenvalue weighted by Crippen LogP contribution is 2.21. The molecule has 0 aliphatic rings. The molecule has 0 heterocycles. The SMILES string of the molecule is O=S(=O)(Cc1ccc(F)cc1F)c1ccccc1F. The Labute approximate surface area is 108 Å². The van der Waals surface area contributed by atoms with Crippen LogP contribution in [0.2, 0.25) is 0 Å². The lowest BCUT2D eigenvalue weighted by atomic mass is 10.2. The number of halogens is 3. The van der Waals surface area contributed by atoms with E-state index < -0.39 is 37.9 Å². The third-order valence-corrected chi connectivity index (χ3v) is 4.22. The summed E-state index contributed by atoms with van der Waals surface area (Å²) in [6.45, 7) is 0. The fraction of sp³-hybridized carbons (Fsp3) is 0.0769. The molecule has 100 valence electrons. The first kappa shape index (κ1) is 13.6. The molecule has 0 radical (unpaired) electrons. The Morgan fingerprint density at radius 2 is 1.58 bits per heavy atom. The van der Waals surface area contributed by atoms with Crippen molar-refractivity contribution in [1.29, 1.82) is 0 Å². The van der Waals surface area contributed by atoms with Crippen molar-refractivity contribution in [3.8, 4) is 0 Å². The third-order valence-electron chi connectivity index (χ3n) is 2.53. The van der Waals surface area contributed by atoms with Gasteiger partial charge in [-0.15, -0.1) is 0 Å². The van der Waals surface area contributed by atoms with E-state index in [0.717, 1.165) is 24.3 Å². The smallest absolute Gasteiger partial charge is 0.185 e. The number of hydrogen-bond donors (Lipinski definition) is 0. The molecule has 2 aromatic rings. The maximum absolute atomic E-state index is 13.4. The van der Waals surface area contributed by atoms with Crippen LogP contribution in [-0.2, 0) is 15.6 Å². The summed E-state index contributed by atoms with van der Waals surface area (Å²) in [5, 5.41) is 0. The lowest BCUT2D eigenvalue weighted by Crippen LogP contribution is -2.08. The average Bonchev–Trinajstić information content (AvgIpc) is 2.33. The fourth-order valence-corrected chi connectivity index (χ4v) is 3.07. The van der Waals surface area contributed by atoms with Gasteiger partial charge in [-0.05, 0) is 18.2 Å². The van der Waals surface area contributed by atoms with Crippen LogP contribution in [0.1, 0.15) is 5.56 Å². The van der Waals surface area contributed by atoms with Gasteiger partial charge < -0.3 is 0 Å². The van der Waals surface area contributed by atoms with Crippen molar-refractivity contribution < 1.29 is 21.6 Å². The maximum Gasteiger partial charge on any atom is 0.185 e. The number of benzene rings is 2. The van der Waals surface area contributed by atoms with Crippen LogP contribution in [0.3, 0.4) is 0 Å². The first-order chi connectivity index (χ1) is 8.90. The molecule has 6 heteroatoms. The number of hydrogen-bond acceptors (Lipinski definition) is 2. The summed E-state index contributed by atoms with van der Waals surface area (Å²) in [6.07, 6.45) is 0. The van der Waals surface area contributed by atoms with Crippen molar-refractivity contribution in [2.24, 2.45) is 0 Å². The normalized spacial score (nSPS) is 11.5. The molecule has 0 bridgehead atoms. The molecule has 0 aliphatic heterocycles. The molecule has 0 unspecified atom stereocenters. The van der Waals surface area contributed by atoms with Crippen LogP contribution >= 0.6 is 0 Å². The van der Waals surface area contributed by atoms with E-state index >= 15 is 0 Å². The second kappa shape index (κ2) is 5.05. The van der Waals surface area contributed by atoms with Gasteiger partial charge in [-0.2, -0.15) is 0 Å². The van der Waals surface area contributed by atoms with Crippen LogP contribution in [0, 0.1) is 17.5 Å². The Kier molecular flexibility index (Phi) is 3.61. The van der Waals surface area contributed by atoms with Crippen molar-refractivity contribution in [1.82, 2.24) is 0 Å². The fourth-order valence-electron chi connectivity index (χ4n) is 1.62. The lowest BCUT2D eigenvalue weighted by molar-refractivity contribution is 0.558. The maximum atomic E-state index is 13.4. The van der Waals surface area contributed by atoms with E-state index in [-0.39, 0.29) is 5.56 Å². The van der Waals surface area contributed by atoms with Gasteiger partial charge >= 0.3 is 0 Å². The summed E-state index contributed by atoms with van der Waals surface area (Å²) in [7, 11) is -4.02. The second-order valence-corrected chi connectivity index (χ2v) is 5.88. The van der Waals surface area contributed by atoms with Gasteiger partial charge in [-0.3, -0.25) is 0 Å². The van der Waals surface area contributed by atoms with E-state index in [2.05, 4.69) is 0 Å². The predicted molar refractivity (Wildman–Crippen MR) is 63.6 cm³/mol. The van der Waals surface area contributed by atoms with Gasteiger partial charge in [-0.25, -0.2) is 21.6 Å². The Morgan fingerprint density at radius 3 is 2.21 bits per heavy atom. The van der Waals surface area contributed by atoms with Gasteiger partial charge in [0.1, 0.15) is 22.3 Å². The van der Waals surface area contributed by atoms with Crippen molar-refractivity contribution in [2.45, 2.75) is 10.6 Å². The van der Waals surface area contributed by atoms with Crippen LogP contribution < -0.4 is 0 Å². The molecular formula is C13H9F3O2S. The molecule has 0 N–H and O–H groups in total. The summed E-state index contributed by atoms with van der Waals surface area (Å²) in [4.78, 5) is -0.501. The molecule has 2 aromatic carbocycles. The highest BCUT2D eigenvalue weighted by molar-refractivity contribution is 7.90. The van der Waals surface area contributed by atoms with Crippen LogP contribution in [0.5, 0.6) is 0 Å². The first-order valence-electron chi connectivity index (χ1n) is 5.31. The molecular weight excluding hydrogens is 277 g/mol. The number of sulfone groups is 1. The molecule has 2 nitrogen and oxygen atoms in total.